The van der Waals surface area contributed by atoms with E-state index in [0.717, 1.165) is 36.8 Å². The van der Waals surface area contributed by atoms with Gasteiger partial charge in [0.25, 0.3) is 48.1 Å². The average Bonchev–Trinajstić information content (AvgIpc) is 3.28. The van der Waals surface area contributed by atoms with Gasteiger partial charge in [-0.2, -0.15) is 25.3 Å². The van der Waals surface area contributed by atoms with Crippen LogP contribution in [0.25, 0.3) is 32.7 Å². The predicted octanol–water partition coefficient (Wildman–Crippen LogP) is -0.473. The fraction of sp³-hybridized carbons (Fsp3) is 0.154. The molecule has 4 heterocycles. The van der Waals surface area contributed by atoms with E-state index in [1.54, 1.807) is 0 Å². The Balaban J connectivity index is 1.25. The van der Waals surface area contributed by atoms with Gasteiger partial charge in [-0.15, -0.1) is 0 Å². The Morgan fingerprint density at radius 2 is 0.725 bits per heavy atom. The molecule has 3 atom stereocenters. The molecule has 1 aliphatic heterocycles. The number of phenols is 3. The highest BCUT2D eigenvalue weighted by atomic mass is 32.2. The molecule has 0 spiro atoms. The third-order valence-corrected chi connectivity index (χ3v) is 12.7. The third-order valence-electron chi connectivity index (χ3n) is 10.00. The number of carbonyl (C=O) groups is 6. The van der Waals surface area contributed by atoms with Gasteiger partial charge in [0, 0.05) is 34.7 Å². The van der Waals surface area contributed by atoms with Gasteiger partial charge in [0.15, 0.2) is 35.4 Å². The highest BCUT2D eigenvalue weighted by Gasteiger charge is 2.36. The van der Waals surface area contributed by atoms with Crippen LogP contribution in [0.1, 0.15) is 31.1 Å². The molecule has 9 N–H and O–H groups in total. The first-order valence-corrected chi connectivity index (χ1v) is 23.4. The summed E-state index contributed by atoms with van der Waals surface area (Å²) in [5.74, 6) is -12.2. The van der Waals surface area contributed by atoms with Crippen LogP contribution in [-0.2, 0) is 58.9 Å². The lowest BCUT2D eigenvalue weighted by molar-refractivity contribution is -0.160. The van der Waals surface area contributed by atoms with Crippen LogP contribution in [0.5, 0.6) is 17.2 Å². The number of hydrogen-bond donors (Lipinski definition) is 9. The van der Waals surface area contributed by atoms with E-state index in [0.29, 0.717) is 18.2 Å². The normalized spacial score (nSPS) is 17.4. The maximum absolute atomic E-state index is 13.7. The smallest absolute Gasteiger partial charge is 0.332 e. The van der Waals surface area contributed by atoms with Gasteiger partial charge in [-0.1, -0.05) is 0 Å². The monoisotopic (exact) mass is 1010 g/mol. The van der Waals surface area contributed by atoms with E-state index < -0.39 is 169 Å². The molecule has 360 valence electrons. The summed E-state index contributed by atoms with van der Waals surface area (Å²) in [6.07, 6.45) is 3.27. The van der Waals surface area contributed by atoms with Crippen molar-refractivity contribution in [3.05, 3.63) is 89.9 Å². The molecule has 3 aromatic carbocycles. The lowest BCUT2D eigenvalue weighted by atomic mass is 10.1. The summed E-state index contributed by atoms with van der Waals surface area (Å²) < 4.78 is 119. The van der Waals surface area contributed by atoms with Crippen LogP contribution in [0, 0.1) is 0 Å². The molecule has 7 rings (SSSR count). The Labute approximate surface area is 385 Å². The second-order valence-corrected chi connectivity index (χ2v) is 18.6. The number of nitrogens with zero attached hydrogens (tertiary/aromatic N) is 3. The maximum Gasteiger partial charge on any atom is 0.332 e. The largest absolute Gasteiger partial charge is 0.505 e. The molecule has 3 unspecified atom stereocenters. The van der Waals surface area contributed by atoms with Gasteiger partial charge in [-0.3, -0.25) is 43.0 Å². The summed E-state index contributed by atoms with van der Waals surface area (Å²) in [7, 11) is -15.4. The van der Waals surface area contributed by atoms with Gasteiger partial charge < -0.3 is 45.5 Å². The van der Waals surface area contributed by atoms with Gasteiger partial charge in [0.1, 0.15) is 51.1 Å². The molecule has 3 amide bonds. The minimum absolute atomic E-state index is 0.341. The van der Waals surface area contributed by atoms with E-state index >= 15 is 0 Å². The minimum Gasteiger partial charge on any atom is -0.505 e. The molecule has 1 aliphatic rings. The second-order valence-electron chi connectivity index (χ2n) is 14.4. The third kappa shape index (κ3) is 9.95. The Hall–Kier alpha value is -8.16. The number of cyclic esters (lactones) is 3. The van der Waals surface area contributed by atoms with E-state index in [1.807, 2.05) is 16.0 Å². The summed E-state index contributed by atoms with van der Waals surface area (Å²) in [5, 5.41) is 37.9. The highest BCUT2D eigenvalue weighted by Crippen LogP contribution is 2.35. The number of carbonyl (C=O) groups excluding carboxylic acids is 6. The number of aromatic nitrogens is 3. The number of phenolic OH excluding ortho intramolecular Hbond substituents is 3. The van der Waals surface area contributed by atoms with E-state index in [1.165, 1.54) is 18.2 Å². The molecule has 69 heavy (non-hydrogen) atoms. The van der Waals surface area contributed by atoms with Crippen molar-refractivity contribution >= 4 is 98.7 Å². The number of benzene rings is 3. The molecule has 0 saturated carbocycles. The number of rotatable bonds is 9. The summed E-state index contributed by atoms with van der Waals surface area (Å²) in [6, 6.07) is 2.02. The van der Waals surface area contributed by atoms with Crippen molar-refractivity contribution < 1.29 is 97.2 Å². The fourth-order valence-corrected chi connectivity index (χ4v) is 8.89. The molecular formula is C39H30N6O21S3. The summed E-state index contributed by atoms with van der Waals surface area (Å²) in [5.41, 5.74) is -4.34. The van der Waals surface area contributed by atoms with Crippen molar-refractivity contribution in [1.82, 2.24) is 30.9 Å². The molecule has 1 fully saturated rings. The fourth-order valence-electron chi connectivity index (χ4n) is 6.76. The van der Waals surface area contributed by atoms with Gasteiger partial charge in [0.05, 0.1) is 16.7 Å². The number of nitrogens with one attached hydrogen (secondary N) is 3. The van der Waals surface area contributed by atoms with Crippen LogP contribution >= 0.6 is 0 Å². The predicted molar refractivity (Wildman–Crippen MR) is 226 cm³/mol. The summed E-state index contributed by atoms with van der Waals surface area (Å²) >= 11 is 0. The number of ether oxygens (including phenoxy) is 3. The van der Waals surface area contributed by atoms with E-state index in [2.05, 4.69) is 15.0 Å². The minimum atomic E-state index is -5.13. The molecule has 3 aromatic heterocycles. The average molecular weight is 1010 g/mol. The number of pyridine rings is 3. The Kier molecular flexibility index (Phi) is 13.1. The van der Waals surface area contributed by atoms with Crippen LogP contribution in [0.3, 0.4) is 0 Å². The Bertz CT molecular complexity index is 3190. The Morgan fingerprint density at radius 1 is 0.478 bits per heavy atom. The van der Waals surface area contributed by atoms with Crippen molar-refractivity contribution in [3.63, 3.8) is 0 Å². The standard InChI is InChI=1S/C39H30N6O21S3/c46-31-19(10-25(67(55,56)57)16-4-1-7-40-28(16)31)34(49)43-22-13-64-38(53)24(45-36(51)21-12-27(69(61,62)63)18-6-3-9-42-30(18)33(21)48)15-66-39(54)23(14-65-37(22)52)44-35(50)20-11-26(68(58,59)60)17-5-2-8-41-29(17)32(20)47/h1-12,22-24,46-48H,13-15H2,(H,43,49)(H,44,50)(H,45,51)(H,55,56,57)(H,58,59,60)(H,61,62,63). The van der Waals surface area contributed by atoms with Crippen LogP contribution < -0.4 is 16.0 Å². The van der Waals surface area contributed by atoms with E-state index in [9.17, 15) is 83.0 Å². The first-order chi connectivity index (χ1) is 32.4. The number of fused-ring (bicyclic) bond motifs is 3. The molecule has 0 radical (unpaired) electrons. The molecule has 0 bridgehead atoms. The maximum atomic E-state index is 13.7. The molecule has 1 saturated heterocycles. The Morgan fingerprint density at radius 3 is 0.957 bits per heavy atom. The van der Waals surface area contributed by atoms with Crippen LogP contribution in [0.2, 0.25) is 0 Å². The van der Waals surface area contributed by atoms with Gasteiger partial charge in [0.2, 0.25) is 0 Å². The van der Waals surface area contributed by atoms with Crippen molar-refractivity contribution in [2.75, 3.05) is 19.8 Å². The molecule has 6 aromatic rings. The molecule has 27 nitrogen and oxygen atoms in total. The second kappa shape index (κ2) is 18.5. The number of amides is 3. The topological polar surface area (TPSA) is 429 Å². The summed E-state index contributed by atoms with van der Waals surface area (Å²) in [4.78, 5) is 90.8. The zero-order valence-electron chi connectivity index (χ0n) is 34.2. The SMILES string of the molecule is O=C(NC1COC(=O)C(NC(=O)c2cc(S(=O)(=O)O)c3cccnc3c2O)COC(=O)C(NC(=O)c2cc(S(=O)(=O)O)c3cccnc3c2O)COC1=O)c1cc(S(=O)(=O)O)c2cccnc2c1O. The zero-order chi connectivity index (χ0) is 50.3. The lowest BCUT2D eigenvalue weighted by Crippen LogP contribution is -2.52. The molecular weight excluding hydrogens is 985 g/mol. The molecule has 0 aliphatic carbocycles. The van der Waals surface area contributed by atoms with Gasteiger partial charge >= 0.3 is 17.9 Å². The van der Waals surface area contributed by atoms with Crippen LogP contribution in [0.4, 0.5) is 0 Å². The van der Waals surface area contributed by atoms with Crippen molar-refractivity contribution in [3.8, 4) is 17.2 Å². The zero-order valence-corrected chi connectivity index (χ0v) is 36.6. The van der Waals surface area contributed by atoms with Crippen molar-refractivity contribution in [2.45, 2.75) is 32.8 Å². The first kappa shape index (κ1) is 48.8. The van der Waals surface area contributed by atoms with E-state index in [4.69, 9.17) is 14.2 Å². The highest BCUT2D eigenvalue weighted by molar-refractivity contribution is 7.86. The van der Waals surface area contributed by atoms with Gasteiger partial charge in [-0.25, -0.2) is 14.4 Å². The van der Waals surface area contributed by atoms with Crippen LogP contribution in [-0.4, -0.2) is 143 Å². The van der Waals surface area contributed by atoms with Crippen molar-refractivity contribution in [2.24, 2.45) is 0 Å². The number of esters is 3. The quantitative estimate of drug-likeness (QED) is 0.0502. The van der Waals surface area contributed by atoms with Crippen LogP contribution in [0.15, 0.2) is 87.9 Å². The van der Waals surface area contributed by atoms with E-state index in [-0.39, 0.29) is 16.2 Å². The summed E-state index contributed by atoms with van der Waals surface area (Å²) in [6.45, 7) is -3.77. The number of hydrogen-bond acceptors (Lipinski definition) is 21. The lowest BCUT2D eigenvalue weighted by Gasteiger charge is -2.25. The first-order valence-electron chi connectivity index (χ1n) is 19.0. The van der Waals surface area contributed by atoms with Gasteiger partial charge in [-0.05, 0) is 54.6 Å². The number of aromatic hydroxyl groups is 3. The molecule has 30 heteroatoms. The van der Waals surface area contributed by atoms with Crippen molar-refractivity contribution in [1.29, 1.82) is 0 Å².